The van der Waals surface area contributed by atoms with Gasteiger partial charge in [-0.2, -0.15) is 0 Å². The number of urea groups is 1. The minimum atomic E-state index is -0.840. The predicted octanol–water partition coefficient (Wildman–Crippen LogP) is 2.14. The molecule has 21 heavy (non-hydrogen) atoms. The Morgan fingerprint density at radius 3 is 2.52 bits per heavy atom. The van der Waals surface area contributed by atoms with Crippen LogP contribution in [0.15, 0.2) is 0 Å². The van der Waals surface area contributed by atoms with Crippen LogP contribution in [0.25, 0.3) is 0 Å². The fourth-order valence-electron chi connectivity index (χ4n) is 2.83. The maximum atomic E-state index is 11.5. The molecular weight excluding hydrogens is 272 g/mol. The zero-order valence-corrected chi connectivity index (χ0v) is 12.9. The Morgan fingerprint density at radius 1 is 1.24 bits per heavy atom. The van der Waals surface area contributed by atoms with Crippen LogP contribution in [0.3, 0.4) is 0 Å². The van der Waals surface area contributed by atoms with Crippen LogP contribution in [0.5, 0.6) is 0 Å². The summed E-state index contributed by atoms with van der Waals surface area (Å²) < 4.78 is 5.80. The van der Waals surface area contributed by atoms with Gasteiger partial charge < -0.3 is 20.5 Å². The number of amides is 2. The molecule has 1 atom stereocenters. The number of carboxylic acids is 1. The Hall–Kier alpha value is -1.30. The van der Waals surface area contributed by atoms with E-state index >= 15 is 0 Å². The number of aliphatic carboxylic acids is 1. The van der Waals surface area contributed by atoms with Crippen LogP contribution in [-0.2, 0) is 9.53 Å². The highest BCUT2D eigenvalue weighted by atomic mass is 16.5. The smallest absolute Gasteiger partial charge is 0.314 e. The van der Waals surface area contributed by atoms with Gasteiger partial charge in [0.1, 0.15) is 0 Å². The number of carboxylic acid groups (broad SMARTS) is 1. The molecule has 1 fully saturated rings. The van der Waals surface area contributed by atoms with Gasteiger partial charge in [-0.05, 0) is 38.5 Å². The van der Waals surface area contributed by atoms with Crippen molar-refractivity contribution in [3.8, 4) is 0 Å². The monoisotopic (exact) mass is 300 g/mol. The molecule has 0 aromatic rings. The Bertz CT molecular complexity index is 317. The molecule has 6 nitrogen and oxygen atoms in total. The van der Waals surface area contributed by atoms with E-state index in [-0.39, 0.29) is 18.6 Å². The Kier molecular flexibility index (Phi) is 8.82. The maximum Gasteiger partial charge on any atom is 0.314 e. The molecule has 1 aliphatic carbocycles. The third-order valence-corrected chi connectivity index (χ3v) is 3.87. The van der Waals surface area contributed by atoms with E-state index in [0.29, 0.717) is 32.0 Å². The first kappa shape index (κ1) is 17.8. The van der Waals surface area contributed by atoms with Gasteiger partial charge in [0.05, 0.1) is 6.10 Å². The summed E-state index contributed by atoms with van der Waals surface area (Å²) in [6, 6.07) is -0.234. The summed E-state index contributed by atoms with van der Waals surface area (Å²) in [5, 5.41) is 14.0. The minimum absolute atomic E-state index is 0.0778. The number of carbonyl (C=O) groups is 2. The van der Waals surface area contributed by atoms with Crippen LogP contribution in [0, 0.1) is 5.92 Å². The second-order valence-corrected chi connectivity index (χ2v) is 5.51. The van der Waals surface area contributed by atoms with Gasteiger partial charge in [-0.25, -0.2) is 4.79 Å². The van der Waals surface area contributed by atoms with E-state index in [0.717, 1.165) is 6.42 Å². The second-order valence-electron chi connectivity index (χ2n) is 5.51. The van der Waals surface area contributed by atoms with Gasteiger partial charge in [0.2, 0.25) is 0 Å². The summed E-state index contributed by atoms with van der Waals surface area (Å²) >= 11 is 0. The van der Waals surface area contributed by atoms with E-state index < -0.39 is 5.97 Å². The lowest BCUT2D eigenvalue weighted by molar-refractivity contribution is -0.137. The van der Waals surface area contributed by atoms with Crippen molar-refractivity contribution in [1.82, 2.24) is 10.6 Å². The van der Waals surface area contributed by atoms with Crippen LogP contribution in [-0.4, -0.2) is 42.9 Å². The maximum absolute atomic E-state index is 11.5. The van der Waals surface area contributed by atoms with Crippen molar-refractivity contribution < 1.29 is 19.4 Å². The van der Waals surface area contributed by atoms with Crippen molar-refractivity contribution in [3.05, 3.63) is 0 Å². The van der Waals surface area contributed by atoms with Gasteiger partial charge in [-0.1, -0.05) is 12.8 Å². The SMILES string of the molecule is CCOC(CCNC(=O)NCCCC(=O)O)C1CCCC1. The Morgan fingerprint density at radius 2 is 1.90 bits per heavy atom. The molecule has 0 aromatic carbocycles. The van der Waals surface area contributed by atoms with Crippen LogP contribution < -0.4 is 10.6 Å². The fraction of sp³-hybridized carbons (Fsp3) is 0.867. The number of nitrogens with one attached hydrogen (secondary N) is 2. The quantitative estimate of drug-likeness (QED) is 0.539. The molecule has 3 N–H and O–H groups in total. The number of rotatable bonds is 10. The number of ether oxygens (including phenoxy) is 1. The molecule has 0 aromatic heterocycles. The molecule has 0 bridgehead atoms. The fourth-order valence-corrected chi connectivity index (χ4v) is 2.83. The third-order valence-electron chi connectivity index (χ3n) is 3.87. The molecule has 0 saturated heterocycles. The lowest BCUT2D eigenvalue weighted by Crippen LogP contribution is -2.38. The van der Waals surface area contributed by atoms with Gasteiger partial charge in [-0.3, -0.25) is 4.79 Å². The Balaban J connectivity index is 2.11. The second kappa shape index (κ2) is 10.4. The predicted molar refractivity (Wildman–Crippen MR) is 80.3 cm³/mol. The molecule has 0 radical (unpaired) electrons. The van der Waals surface area contributed by atoms with E-state index in [2.05, 4.69) is 10.6 Å². The highest BCUT2D eigenvalue weighted by Gasteiger charge is 2.25. The molecule has 6 heteroatoms. The first-order valence-corrected chi connectivity index (χ1v) is 7.98. The van der Waals surface area contributed by atoms with E-state index in [9.17, 15) is 9.59 Å². The number of hydrogen-bond acceptors (Lipinski definition) is 3. The highest BCUT2D eigenvalue weighted by molar-refractivity contribution is 5.73. The van der Waals surface area contributed by atoms with Crippen molar-refractivity contribution >= 4 is 12.0 Å². The topological polar surface area (TPSA) is 87.7 Å². The molecule has 1 rings (SSSR count). The summed E-state index contributed by atoms with van der Waals surface area (Å²) in [7, 11) is 0. The van der Waals surface area contributed by atoms with Gasteiger partial charge in [0, 0.05) is 26.1 Å². The van der Waals surface area contributed by atoms with Crippen LogP contribution in [0.2, 0.25) is 0 Å². The standard InChI is InChI=1S/C15H28N2O4/c1-2-21-13(12-6-3-4-7-12)9-11-17-15(20)16-10-5-8-14(18)19/h12-13H,2-11H2,1H3,(H,18,19)(H2,16,17,20). The molecule has 0 aliphatic heterocycles. The Labute approximate surface area is 126 Å². The van der Waals surface area contributed by atoms with Crippen LogP contribution in [0.4, 0.5) is 4.79 Å². The molecule has 0 spiro atoms. The number of carbonyl (C=O) groups excluding carboxylic acids is 1. The summed E-state index contributed by atoms with van der Waals surface area (Å²) in [5.41, 5.74) is 0. The zero-order valence-electron chi connectivity index (χ0n) is 12.9. The summed E-state index contributed by atoms with van der Waals surface area (Å²) in [4.78, 5) is 21.9. The van der Waals surface area contributed by atoms with Crippen molar-refractivity contribution in [2.45, 2.75) is 58.0 Å². The summed E-state index contributed by atoms with van der Waals surface area (Å²) in [6.07, 6.45) is 6.63. The summed E-state index contributed by atoms with van der Waals surface area (Å²) in [5.74, 6) is -0.210. The first-order valence-electron chi connectivity index (χ1n) is 7.98. The van der Waals surface area contributed by atoms with Crippen molar-refractivity contribution in [2.24, 2.45) is 5.92 Å². The first-order chi connectivity index (χ1) is 10.1. The molecule has 1 saturated carbocycles. The van der Waals surface area contributed by atoms with E-state index in [4.69, 9.17) is 9.84 Å². The lowest BCUT2D eigenvalue weighted by atomic mass is 9.98. The number of hydrogen-bond donors (Lipinski definition) is 3. The van der Waals surface area contributed by atoms with E-state index in [1.54, 1.807) is 0 Å². The van der Waals surface area contributed by atoms with Crippen LogP contribution in [0.1, 0.15) is 51.9 Å². The average Bonchev–Trinajstić information content (AvgIpc) is 2.96. The van der Waals surface area contributed by atoms with Gasteiger partial charge >= 0.3 is 12.0 Å². The van der Waals surface area contributed by atoms with Gasteiger partial charge in [0.25, 0.3) is 0 Å². The minimum Gasteiger partial charge on any atom is -0.481 e. The summed E-state index contributed by atoms with van der Waals surface area (Å²) in [6.45, 7) is 3.69. The van der Waals surface area contributed by atoms with Crippen molar-refractivity contribution in [2.75, 3.05) is 19.7 Å². The third kappa shape index (κ3) is 7.90. The van der Waals surface area contributed by atoms with Gasteiger partial charge in [0.15, 0.2) is 0 Å². The van der Waals surface area contributed by atoms with E-state index in [1.807, 2.05) is 6.92 Å². The molecular formula is C15H28N2O4. The average molecular weight is 300 g/mol. The highest BCUT2D eigenvalue weighted by Crippen LogP contribution is 2.30. The van der Waals surface area contributed by atoms with Crippen molar-refractivity contribution in [3.63, 3.8) is 0 Å². The normalized spacial score (nSPS) is 16.6. The zero-order chi connectivity index (χ0) is 15.5. The molecule has 2 amide bonds. The van der Waals surface area contributed by atoms with E-state index in [1.165, 1.54) is 25.7 Å². The largest absolute Gasteiger partial charge is 0.481 e. The molecule has 122 valence electrons. The van der Waals surface area contributed by atoms with Gasteiger partial charge in [-0.15, -0.1) is 0 Å². The molecule has 1 unspecified atom stereocenters. The molecule has 1 aliphatic rings. The van der Waals surface area contributed by atoms with Crippen molar-refractivity contribution in [1.29, 1.82) is 0 Å². The van der Waals surface area contributed by atoms with Crippen LogP contribution >= 0.6 is 0 Å². The molecule has 0 heterocycles. The lowest BCUT2D eigenvalue weighted by Gasteiger charge is -2.23.